The van der Waals surface area contributed by atoms with E-state index in [1.54, 1.807) is 6.07 Å². The zero-order valence-electron chi connectivity index (χ0n) is 10.7. The molecule has 0 aliphatic heterocycles. The molecule has 5 nitrogen and oxygen atoms in total. The molecule has 0 saturated carbocycles. The lowest BCUT2D eigenvalue weighted by Crippen LogP contribution is -2.07. The van der Waals surface area contributed by atoms with Crippen LogP contribution in [0.15, 0.2) is 36.4 Å². The Morgan fingerprint density at radius 1 is 0.950 bits per heavy atom. The third-order valence-corrected chi connectivity index (χ3v) is 3.16. The third kappa shape index (κ3) is 2.51. The molecule has 2 aromatic rings. The van der Waals surface area contributed by atoms with Crippen molar-refractivity contribution in [3.8, 4) is 28.4 Å². The van der Waals surface area contributed by atoms with E-state index >= 15 is 0 Å². The summed E-state index contributed by atoms with van der Waals surface area (Å²) in [6.07, 6.45) is 0. The topological polar surface area (TPSA) is 98.0 Å². The van der Waals surface area contributed by atoms with Crippen molar-refractivity contribution in [2.45, 2.75) is 12.8 Å². The summed E-state index contributed by atoms with van der Waals surface area (Å²) < 4.78 is 0. The molecule has 0 aliphatic carbocycles. The van der Waals surface area contributed by atoms with Gasteiger partial charge in [-0.15, -0.1) is 0 Å². The number of phenolic OH excluding ortho intramolecular Hbond substituents is 3. The fourth-order valence-electron chi connectivity index (χ4n) is 1.94. The first-order valence-electron chi connectivity index (χ1n) is 5.98. The van der Waals surface area contributed by atoms with E-state index in [1.165, 1.54) is 37.3 Å². The number of rotatable bonds is 3. The molecule has 2 aromatic carbocycles. The molecule has 1 unspecified atom stereocenters. The first-order chi connectivity index (χ1) is 9.40. The van der Waals surface area contributed by atoms with Gasteiger partial charge in [0, 0.05) is 17.2 Å². The van der Waals surface area contributed by atoms with Gasteiger partial charge in [-0.05, 0) is 30.7 Å². The van der Waals surface area contributed by atoms with Crippen molar-refractivity contribution < 1.29 is 25.2 Å². The number of carboxylic acids is 1. The van der Waals surface area contributed by atoms with Gasteiger partial charge in [-0.3, -0.25) is 4.79 Å². The molecule has 20 heavy (non-hydrogen) atoms. The molecule has 4 N–H and O–H groups in total. The van der Waals surface area contributed by atoms with Crippen molar-refractivity contribution in [1.29, 1.82) is 0 Å². The van der Waals surface area contributed by atoms with Gasteiger partial charge in [-0.1, -0.05) is 12.1 Å². The minimum atomic E-state index is -0.982. The molecule has 0 heterocycles. The molecule has 0 amide bonds. The Morgan fingerprint density at radius 2 is 1.50 bits per heavy atom. The van der Waals surface area contributed by atoms with E-state index < -0.39 is 11.9 Å². The van der Waals surface area contributed by atoms with Gasteiger partial charge in [-0.2, -0.15) is 0 Å². The number of benzene rings is 2. The zero-order chi connectivity index (χ0) is 14.9. The summed E-state index contributed by atoms with van der Waals surface area (Å²) in [4.78, 5) is 10.9. The third-order valence-electron chi connectivity index (χ3n) is 3.16. The Hall–Kier alpha value is -2.69. The molecule has 104 valence electrons. The fraction of sp³-hybridized carbons (Fsp3) is 0.133. The van der Waals surface area contributed by atoms with Gasteiger partial charge in [0.25, 0.3) is 0 Å². The standard InChI is InChI=1S/C15H14O5/c1-8(15(19)20)9-2-4-11(13(17)6-9)12-5-3-10(16)7-14(12)18/h2-8,16-18H,1H3,(H,19,20). The van der Waals surface area contributed by atoms with E-state index in [-0.39, 0.29) is 17.2 Å². The van der Waals surface area contributed by atoms with E-state index in [4.69, 9.17) is 5.11 Å². The van der Waals surface area contributed by atoms with E-state index in [0.717, 1.165) is 0 Å². The summed E-state index contributed by atoms with van der Waals surface area (Å²) in [6.45, 7) is 1.52. The predicted molar refractivity (Wildman–Crippen MR) is 72.9 cm³/mol. The molecule has 5 heteroatoms. The zero-order valence-corrected chi connectivity index (χ0v) is 10.7. The summed E-state index contributed by atoms with van der Waals surface area (Å²) in [5, 5.41) is 38.0. The van der Waals surface area contributed by atoms with Crippen LogP contribution in [-0.2, 0) is 4.79 Å². The number of carbonyl (C=O) groups is 1. The molecule has 1 atom stereocenters. The molecule has 0 bridgehead atoms. The van der Waals surface area contributed by atoms with E-state index in [9.17, 15) is 20.1 Å². The largest absolute Gasteiger partial charge is 0.508 e. The summed E-state index contributed by atoms with van der Waals surface area (Å²) in [6, 6.07) is 8.52. The number of hydrogen-bond donors (Lipinski definition) is 4. The quantitative estimate of drug-likeness (QED) is 0.689. The van der Waals surface area contributed by atoms with Crippen LogP contribution < -0.4 is 0 Å². The highest BCUT2D eigenvalue weighted by molar-refractivity contribution is 5.79. The maximum absolute atomic E-state index is 10.9. The molecule has 0 spiro atoms. The van der Waals surface area contributed by atoms with Crippen LogP contribution in [0.25, 0.3) is 11.1 Å². The van der Waals surface area contributed by atoms with Crippen molar-refractivity contribution in [1.82, 2.24) is 0 Å². The molecule has 2 rings (SSSR count). The summed E-state index contributed by atoms with van der Waals surface area (Å²) in [5.41, 5.74) is 1.19. The Balaban J connectivity index is 2.47. The van der Waals surface area contributed by atoms with Gasteiger partial charge < -0.3 is 20.4 Å². The monoisotopic (exact) mass is 274 g/mol. The second-order valence-corrected chi connectivity index (χ2v) is 4.54. The van der Waals surface area contributed by atoms with Crippen molar-refractivity contribution in [2.24, 2.45) is 0 Å². The highest BCUT2D eigenvalue weighted by Crippen LogP contribution is 2.38. The smallest absolute Gasteiger partial charge is 0.310 e. The molecule has 0 radical (unpaired) electrons. The summed E-state index contributed by atoms with van der Waals surface area (Å²) >= 11 is 0. The van der Waals surface area contributed by atoms with Crippen LogP contribution in [0.4, 0.5) is 0 Å². The average Bonchev–Trinajstić information content (AvgIpc) is 2.38. The first-order valence-corrected chi connectivity index (χ1v) is 5.98. The van der Waals surface area contributed by atoms with Crippen LogP contribution in [0, 0.1) is 0 Å². The lowest BCUT2D eigenvalue weighted by atomic mass is 9.96. The Bertz CT molecular complexity index is 663. The molecule has 0 aromatic heterocycles. The molecular formula is C15H14O5. The summed E-state index contributed by atoms with van der Waals surface area (Å²) in [7, 11) is 0. The van der Waals surface area contributed by atoms with E-state index in [2.05, 4.69) is 0 Å². The second kappa shape index (κ2) is 5.13. The van der Waals surface area contributed by atoms with Crippen molar-refractivity contribution >= 4 is 5.97 Å². The first kappa shape index (κ1) is 13.7. The lowest BCUT2D eigenvalue weighted by molar-refractivity contribution is -0.138. The van der Waals surface area contributed by atoms with Gasteiger partial charge >= 0.3 is 5.97 Å². The normalized spacial score (nSPS) is 12.1. The summed E-state index contributed by atoms with van der Waals surface area (Å²) in [5.74, 6) is -2.09. The highest BCUT2D eigenvalue weighted by atomic mass is 16.4. The van der Waals surface area contributed by atoms with Gasteiger partial charge in [0.1, 0.15) is 17.2 Å². The molecule has 0 saturated heterocycles. The van der Waals surface area contributed by atoms with Crippen LogP contribution in [0.1, 0.15) is 18.4 Å². The maximum Gasteiger partial charge on any atom is 0.310 e. The van der Waals surface area contributed by atoms with Gasteiger partial charge in [0.05, 0.1) is 5.92 Å². The van der Waals surface area contributed by atoms with Crippen LogP contribution >= 0.6 is 0 Å². The van der Waals surface area contributed by atoms with Crippen molar-refractivity contribution in [3.63, 3.8) is 0 Å². The number of aromatic hydroxyl groups is 3. The predicted octanol–water partition coefficient (Wildman–Crippen LogP) is 2.66. The van der Waals surface area contributed by atoms with Gasteiger partial charge in [-0.25, -0.2) is 0 Å². The Kier molecular flexibility index (Phi) is 3.52. The van der Waals surface area contributed by atoms with Crippen molar-refractivity contribution in [3.05, 3.63) is 42.0 Å². The van der Waals surface area contributed by atoms with Crippen LogP contribution in [-0.4, -0.2) is 26.4 Å². The second-order valence-electron chi connectivity index (χ2n) is 4.54. The van der Waals surface area contributed by atoms with E-state index in [1.807, 2.05) is 0 Å². The van der Waals surface area contributed by atoms with Crippen molar-refractivity contribution in [2.75, 3.05) is 0 Å². The highest BCUT2D eigenvalue weighted by Gasteiger charge is 2.16. The minimum absolute atomic E-state index is 0.0816. The Morgan fingerprint density at radius 3 is 2.00 bits per heavy atom. The SMILES string of the molecule is CC(C(=O)O)c1ccc(-c2ccc(O)cc2O)c(O)c1. The fourth-order valence-corrected chi connectivity index (χ4v) is 1.94. The molecule has 0 fully saturated rings. The maximum atomic E-state index is 10.9. The number of carboxylic acid groups (broad SMARTS) is 1. The van der Waals surface area contributed by atoms with E-state index in [0.29, 0.717) is 16.7 Å². The van der Waals surface area contributed by atoms with Crippen LogP contribution in [0.5, 0.6) is 17.2 Å². The number of phenols is 3. The lowest BCUT2D eigenvalue weighted by Gasteiger charge is -2.11. The molecule has 0 aliphatic rings. The van der Waals surface area contributed by atoms with Gasteiger partial charge in [0.2, 0.25) is 0 Å². The van der Waals surface area contributed by atoms with Crippen LogP contribution in [0.2, 0.25) is 0 Å². The minimum Gasteiger partial charge on any atom is -0.508 e. The van der Waals surface area contributed by atoms with Crippen LogP contribution in [0.3, 0.4) is 0 Å². The number of hydrogen-bond acceptors (Lipinski definition) is 4. The molecular weight excluding hydrogens is 260 g/mol. The Labute approximate surface area is 115 Å². The van der Waals surface area contributed by atoms with Gasteiger partial charge in [0.15, 0.2) is 0 Å². The average molecular weight is 274 g/mol. The number of aliphatic carboxylic acids is 1.